The highest BCUT2D eigenvalue weighted by atomic mass is 35.5. The fraction of sp³-hybridized carbons (Fsp3) is 0.833. The van der Waals surface area contributed by atoms with E-state index in [1.165, 1.54) is 0 Å². The van der Waals surface area contributed by atoms with Crippen LogP contribution in [-0.2, 0) is 33.3 Å². The van der Waals surface area contributed by atoms with Crippen LogP contribution >= 0.6 is 23.2 Å². The van der Waals surface area contributed by atoms with Gasteiger partial charge in [0.05, 0.1) is 6.61 Å². The Morgan fingerprint density at radius 2 is 1.73 bits per heavy atom. The summed E-state index contributed by atoms with van der Waals surface area (Å²) in [6.07, 6.45) is -5.88. The lowest BCUT2D eigenvalue weighted by Crippen LogP contribution is -2.64. The molecule has 0 aromatic heterocycles. The van der Waals surface area contributed by atoms with Gasteiger partial charge in [-0.15, -0.1) is 23.2 Å². The molecule has 0 spiro atoms. The van der Waals surface area contributed by atoms with Crippen LogP contribution in [-0.4, -0.2) is 72.4 Å². The molecule has 2 rings (SSSR count). The molecule has 0 aromatic carbocycles. The maximum absolute atomic E-state index is 11.5. The van der Waals surface area contributed by atoms with Gasteiger partial charge in [-0.05, 0) is 6.92 Å². The summed E-state index contributed by atoms with van der Waals surface area (Å²) < 4.78 is 26.3. The fourth-order valence-corrected chi connectivity index (χ4v) is 2.44. The lowest BCUT2D eigenvalue weighted by atomic mass is 9.97. The summed E-state index contributed by atoms with van der Waals surface area (Å²) in [5, 5.41) is 10.00. The Morgan fingerprint density at radius 1 is 1.14 bits per heavy atom. The van der Waals surface area contributed by atoms with Gasteiger partial charge in [0.1, 0.15) is 24.0 Å². The first-order chi connectivity index (χ1) is 10.5. The number of ether oxygens (including phenoxy) is 5. The van der Waals surface area contributed by atoms with E-state index in [2.05, 4.69) is 0 Å². The van der Waals surface area contributed by atoms with E-state index in [1.54, 1.807) is 6.92 Å². The number of carbonyl (C=O) groups is 2. The van der Waals surface area contributed by atoms with Gasteiger partial charge in [0.25, 0.3) is 0 Å². The predicted octanol–water partition coefficient (Wildman–Crippen LogP) is -0.234. The van der Waals surface area contributed by atoms with Gasteiger partial charge in [-0.3, -0.25) is 9.59 Å². The van der Waals surface area contributed by atoms with Crippen LogP contribution < -0.4 is 0 Å². The largest absolute Gasteiger partial charge is 0.454 e. The maximum Gasteiger partial charge on any atom is 0.321 e. The second kappa shape index (κ2) is 7.76. The SMILES string of the molecule is CC1OC[C@H]2O[C@@H](O)[C@H](OC(=O)CCl)[C@@H](OC(=O)CCl)[C@@H]2O1. The molecular formula is C12H16Cl2O8. The maximum atomic E-state index is 11.5. The number of halogens is 2. The number of rotatable bonds is 4. The van der Waals surface area contributed by atoms with Crippen molar-refractivity contribution < 1.29 is 38.4 Å². The molecule has 2 aliphatic heterocycles. The minimum atomic E-state index is -1.51. The van der Waals surface area contributed by atoms with Crippen LogP contribution in [0.5, 0.6) is 0 Å². The highest BCUT2D eigenvalue weighted by Gasteiger charge is 2.52. The summed E-state index contributed by atoms with van der Waals surface area (Å²) in [4.78, 5) is 22.9. The minimum absolute atomic E-state index is 0.133. The number of alkyl halides is 2. The molecule has 2 aliphatic rings. The van der Waals surface area contributed by atoms with E-state index in [0.717, 1.165) is 0 Å². The van der Waals surface area contributed by atoms with Gasteiger partial charge in [0.15, 0.2) is 24.8 Å². The summed E-state index contributed by atoms with van der Waals surface area (Å²) in [6.45, 7) is 1.79. The smallest absolute Gasteiger partial charge is 0.321 e. The molecule has 0 amide bonds. The van der Waals surface area contributed by atoms with Crippen molar-refractivity contribution in [3.8, 4) is 0 Å². The lowest BCUT2D eigenvalue weighted by molar-refractivity contribution is -0.350. The van der Waals surface area contributed by atoms with Gasteiger partial charge in [-0.1, -0.05) is 0 Å². The highest BCUT2D eigenvalue weighted by Crippen LogP contribution is 2.31. The van der Waals surface area contributed by atoms with Gasteiger partial charge < -0.3 is 28.8 Å². The third-order valence-corrected chi connectivity index (χ3v) is 3.64. The van der Waals surface area contributed by atoms with Crippen LogP contribution in [0.15, 0.2) is 0 Å². The molecule has 0 aromatic rings. The Kier molecular flexibility index (Phi) is 6.25. The molecule has 1 N–H and O–H groups in total. The first kappa shape index (κ1) is 17.7. The number of hydrogen-bond donors (Lipinski definition) is 1. The van der Waals surface area contributed by atoms with Gasteiger partial charge >= 0.3 is 11.9 Å². The third kappa shape index (κ3) is 4.01. The Morgan fingerprint density at radius 3 is 2.32 bits per heavy atom. The second-order valence-corrected chi connectivity index (χ2v) is 5.28. The van der Waals surface area contributed by atoms with Crippen molar-refractivity contribution in [3.63, 3.8) is 0 Å². The quantitative estimate of drug-likeness (QED) is 0.543. The molecule has 2 heterocycles. The number of aliphatic hydroxyl groups excluding tert-OH is 1. The van der Waals surface area contributed by atoms with Crippen molar-refractivity contribution in [1.29, 1.82) is 0 Å². The number of esters is 2. The minimum Gasteiger partial charge on any atom is -0.454 e. The summed E-state index contributed by atoms with van der Waals surface area (Å²) in [7, 11) is 0. The number of aliphatic hydroxyl groups is 1. The molecule has 22 heavy (non-hydrogen) atoms. The number of carbonyl (C=O) groups excluding carboxylic acids is 2. The van der Waals surface area contributed by atoms with Crippen LogP contribution in [0.25, 0.3) is 0 Å². The molecule has 2 saturated heterocycles. The number of hydrogen-bond acceptors (Lipinski definition) is 8. The third-order valence-electron chi connectivity index (χ3n) is 3.21. The van der Waals surface area contributed by atoms with Crippen LogP contribution in [0.4, 0.5) is 0 Å². The molecule has 10 heteroatoms. The van der Waals surface area contributed by atoms with Crippen molar-refractivity contribution in [3.05, 3.63) is 0 Å². The average molecular weight is 359 g/mol. The highest BCUT2D eigenvalue weighted by molar-refractivity contribution is 6.26. The Hall–Kier alpha value is -0.640. The van der Waals surface area contributed by atoms with Crippen molar-refractivity contribution in [2.24, 2.45) is 0 Å². The summed E-state index contributed by atoms with van der Waals surface area (Å²) in [5.41, 5.74) is 0. The van der Waals surface area contributed by atoms with Crippen LogP contribution in [0.3, 0.4) is 0 Å². The Balaban J connectivity index is 2.20. The molecule has 6 atom stereocenters. The molecule has 2 fully saturated rings. The standard InChI is InChI=1S/C12H16Cl2O8/c1-5-18-4-6-9(19-5)10(21-7(15)2-13)11(12(17)20-6)22-8(16)3-14/h5-6,9-12,17H,2-4H2,1H3/t5?,6-,9-,10+,11-,12-/m1/s1. The van der Waals surface area contributed by atoms with E-state index >= 15 is 0 Å². The second-order valence-electron chi connectivity index (χ2n) is 4.74. The topological polar surface area (TPSA) is 101 Å². The molecule has 126 valence electrons. The van der Waals surface area contributed by atoms with Crippen molar-refractivity contribution in [2.45, 2.75) is 43.9 Å². The van der Waals surface area contributed by atoms with Crippen molar-refractivity contribution in [2.75, 3.05) is 18.4 Å². The van der Waals surface area contributed by atoms with E-state index in [-0.39, 0.29) is 6.61 Å². The van der Waals surface area contributed by atoms with E-state index in [9.17, 15) is 14.7 Å². The lowest BCUT2D eigenvalue weighted by Gasteiger charge is -2.46. The van der Waals surface area contributed by atoms with Crippen molar-refractivity contribution >= 4 is 35.1 Å². The molecule has 8 nitrogen and oxygen atoms in total. The molecule has 0 radical (unpaired) electrons. The predicted molar refractivity (Wildman–Crippen MR) is 72.4 cm³/mol. The van der Waals surface area contributed by atoms with Gasteiger partial charge in [0.2, 0.25) is 0 Å². The van der Waals surface area contributed by atoms with E-state index in [4.69, 9.17) is 46.9 Å². The normalized spacial score (nSPS) is 38.0. The number of fused-ring (bicyclic) bond motifs is 1. The summed E-state index contributed by atoms with van der Waals surface area (Å²) in [6, 6.07) is 0. The molecule has 0 bridgehead atoms. The monoisotopic (exact) mass is 358 g/mol. The van der Waals surface area contributed by atoms with Gasteiger partial charge in [-0.25, -0.2) is 0 Å². The van der Waals surface area contributed by atoms with Crippen LogP contribution in [0.2, 0.25) is 0 Å². The van der Waals surface area contributed by atoms with Gasteiger partial charge in [-0.2, -0.15) is 0 Å². The van der Waals surface area contributed by atoms with E-state index < -0.39 is 60.7 Å². The Labute approximate surface area is 136 Å². The first-order valence-corrected chi connectivity index (χ1v) is 7.64. The Bertz CT molecular complexity index is 420. The first-order valence-electron chi connectivity index (χ1n) is 6.57. The van der Waals surface area contributed by atoms with Crippen molar-refractivity contribution in [1.82, 2.24) is 0 Å². The molecular weight excluding hydrogens is 343 g/mol. The van der Waals surface area contributed by atoms with Gasteiger partial charge in [0, 0.05) is 0 Å². The zero-order valence-corrected chi connectivity index (χ0v) is 13.2. The van der Waals surface area contributed by atoms with E-state index in [0.29, 0.717) is 0 Å². The molecule has 0 aliphatic carbocycles. The molecule has 1 unspecified atom stereocenters. The van der Waals surface area contributed by atoms with E-state index in [1.807, 2.05) is 0 Å². The molecule has 0 saturated carbocycles. The fourth-order valence-electron chi connectivity index (χ4n) is 2.31. The van der Waals surface area contributed by atoms with Crippen LogP contribution in [0.1, 0.15) is 6.92 Å². The average Bonchev–Trinajstić information content (AvgIpc) is 2.50. The summed E-state index contributed by atoms with van der Waals surface area (Å²) in [5.74, 6) is -2.35. The van der Waals surface area contributed by atoms with Crippen LogP contribution in [0, 0.1) is 0 Å². The summed E-state index contributed by atoms with van der Waals surface area (Å²) >= 11 is 10.8. The zero-order chi connectivity index (χ0) is 16.3. The zero-order valence-electron chi connectivity index (χ0n) is 11.6.